The van der Waals surface area contributed by atoms with Gasteiger partial charge in [-0.25, -0.2) is 4.68 Å². The third kappa shape index (κ3) is 5.14. The third-order valence-corrected chi connectivity index (χ3v) is 9.03. The minimum absolute atomic E-state index is 0.00160. The van der Waals surface area contributed by atoms with Gasteiger partial charge in [0.05, 0.1) is 36.8 Å². The van der Waals surface area contributed by atoms with Gasteiger partial charge in [0, 0.05) is 41.9 Å². The maximum absolute atomic E-state index is 13.6. The molecule has 45 heavy (non-hydrogen) atoms. The van der Waals surface area contributed by atoms with E-state index in [1.54, 1.807) is 4.68 Å². The van der Waals surface area contributed by atoms with E-state index in [2.05, 4.69) is 22.3 Å². The fourth-order valence-electron chi connectivity index (χ4n) is 6.74. The van der Waals surface area contributed by atoms with Gasteiger partial charge in [-0.3, -0.25) is 29.3 Å². The van der Waals surface area contributed by atoms with Crippen LogP contribution in [0.15, 0.2) is 65.5 Å². The van der Waals surface area contributed by atoms with Gasteiger partial charge in [-0.1, -0.05) is 44.2 Å². The number of hydrazine groups is 1. The first-order valence-electron chi connectivity index (χ1n) is 15.5. The molecular weight excluding hydrogens is 572 g/mol. The molecule has 2 amide bonds. The van der Waals surface area contributed by atoms with Crippen molar-refractivity contribution in [3.05, 3.63) is 93.7 Å². The molecule has 0 bridgehead atoms. The van der Waals surface area contributed by atoms with Crippen molar-refractivity contribution in [1.29, 1.82) is 0 Å². The summed E-state index contributed by atoms with van der Waals surface area (Å²) < 4.78 is 11.1. The highest BCUT2D eigenvalue weighted by Crippen LogP contribution is 2.38. The molecule has 0 aliphatic carbocycles. The quantitative estimate of drug-likeness (QED) is 0.263. The smallest absolute Gasteiger partial charge is 0.284 e. The van der Waals surface area contributed by atoms with Crippen LogP contribution in [0.4, 0.5) is 5.69 Å². The summed E-state index contributed by atoms with van der Waals surface area (Å²) in [5.41, 5.74) is 18.4. The van der Waals surface area contributed by atoms with Crippen LogP contribution in [-0.2, 0) is 22.7 Å². The zero-order chi connectivity index (χ0) is 31.2. The van der Waals surface area contributed by atoms with E-state index in [-0.39, 0.29) is 35.5 Å². The van der Waals surface area contributed by atoms with Gasteiger partial charge in [-0.15, -0.1) is 0 Å². The SMILES string of the molecule is CC(C)C(=O)N1CCC(c2cc(-c3ccc(NC(=O)c4c5n(n(-c6ccccc6)c4=O)CCOC5)cc3)c3n2NNC3N)CC1. The number of fused-ring (bicyclic) bond motifs is 2. The Bertz CT molecular complexity index is 1800. The van der Waals surface area contributed by atoms with Gasteiger partial charge in [0.1, 0.15) is 11.7 Å². The second-order valence-corrected chi connectivity index (χ2v) is 12.2. The maximum Gasteiger partial charge on any atom is 0.284 e. The van der Waals surface area contributed by atoms with Gasteiger partial charge in [0.15, 0.2) is 0 Å². The highest BCUT2D eigenvalue weighted by atomic mass is 16.5. The number of nitrogens with zero attached hydrogens (tertiary/aromatic N) is 4. The Morgan fingerprint density at radius 2 is 1.76 bits per heavy atom. The number of carbonyl (C=O) groups excluding carboxylic acids is 2. The maximum atomic E-state index is 13.6. The number of hydrogen-bond acceptors (Lipinski definition) is 7. The minimum atomic E-state index is -0.471. The van der Waals surface area contributed by atoms with E-state index in [1.807, 2.05) is 82.7 Å². The van der Waals surface area contributed by atoms with Crippen molar-refractivity contribution >= 4 is 17.5 Å². The summed E-state index contributed by atoms with van der Waals surface area (Å²) in [6.07, 6.45) is 1.36. The number of carbonyl (C=O) groups is 2. The largest absolute Gasteiger partial charge is 0.373 e. The second-order valence-electron chi connectivity index (χ2n) is 12.2. The highest BCUT2D eigenvalue weighted by Gasteiger charge is 2.33. The zero-order valence-corrected chi connectivity index (χ0v) is 25.5. The van der Waals surface area contributed by atoms with Crippen molar-refractivity contribution < 1.29 is 14.3 Å². The first-order chi connectivity index (χ1) is 21.8. The van der Waals surface area contributed by atoms with Crippen molar-refractivity contribution in [1.82, 2.24) is 24.4 Å². The number of amides is 2. The average Bonchev–Trinajstić information content (AvgIpc) is 3.72. The number of aromatic nitrogens is 3. The number of nitrogens with one attached hydrogen (secondary N) is 3. The van der Waals surface area contributed by atoms with Crippen molar-refractivity contribution in [3.8, 4) is 16.8 Å². The van der Waals surface area contributed by atoms with Crippen LogP contribution in [0.2, 0.25) is 0 Å². The van der Waals surface area contributed by atoms with Crippen LogP contribution >= 0.6 is 0 Å². The molecule has 7 rings (SSSR count). The molecular formula is C33H38N8O4. The lowest BCUT2D eigenvalue weighted by molar-refractivity contribution is -0.135. The van der Waals surface area contributed by atoms with Crippen LogP contribution in [0.1, 0.15) is 66.2 Å². The minimum Gasteiger partial charge on any atom is -0.373 e. The van der Waals surface area contributed by atoms with Crippen LogP contribution in [0.3, 0.4) is 0 Å². The number of ether oxygens (including phenoxy) is 1. The number of para-hydroxylation sites is 1. The molecule has 12 heteroatoms. The van der Waals surface area contributed by atoms with Crippen molar-refractivity contribution in [2.24, 2.45) is 11.7 Å². The van der Waals surface area contributed by atoms with Gasteiger partial charge in [-0.2, -0.15) is 5.43 Å². The molecule has 4 aromatic rings. The summed E-state index contributed by atoms with van der Waals surface area (Å²) in [5, 5.41) is 2.92. The number of rotatable bonds is 6. The van der Waals surface area contributed by atoms with Crippen LogP contribution < -0.4 is 27.6 Å². The summed E-state index contributed by atoms with van der Waals surface area (Å²) in [5.74, 6) is 0.0135. The molecule has 5 N–H and O–H groups in total. The fourth-order valence-corrected chi connectivity index (χ4v) is 6.74. The van der Waals surface area contributed by atoms with Crippen LogP contribution in [0, 0.1) is 5.92 Å². The summed E-state index contributed by atoms with van der Waals surface area (Å²) in [6.45, 7) is 6.49. The summed E-state index contributed by atoms with van der Waals surface area (Å²) in [7, 11) is 0. The zero-order valence-electron chi connectivity index (χ0n) is 25.5. The monoisotopic (exact) mass is 610 g/mol. The Morgan fingerprint density at radius 1 is 1.02 bits per heavy atom. The van der Waals surface area contributed by atoms with Gasteiger partial charge in [0.2, 0.25) is 5.91 Å². The lowest BCUT2D eigenvalue weighted by Gasteiger charge is -2.33. The number of hydrogen-bond donors (Lipinski definition) is 4. The predicted molar refractivity (Wildman–Crippen MR) is 170 cm³/mol. The Kier molecular flexibility index (Phi) is 7.56. The number of anilines is 1. The van der Waals surface area contributed by atoms with E-state index < -0.39 is 12.1 Å². The molecule has 1 saturated heterocycles. The van der Waals surface area contributed by atoms with Gasteiger partial charge in [0.25, 0.3) is 11.5 Å². The van der Waals surface area contributed by atoms with E-state index in [9.17, 15) is 14.4 Å². The lowest BCUT2D eigenvalue weighted by atomic mass is 9.92. The molecule has 1 atom stereocenters. The molecule has 2 aromatic heterocycles. The number of nitrogens with two attached hydrogens (primary N) is 1. The fraction of sp³-hybridized carbons (Fsp3) is 0.364. The molecule has 12 nitrogen and oxygen atoms in total. The summed E-state index contributed by atoms with van der Waals surface area (Å²) >= 11 is 0. The molecule has 234 valence electrons. The van der Waals surface area contributed by atoms with Gasteiger partial charge in [-0.05, 0) is 48.7 Å². The molecule has 0 spiro atoms. The van der Waals surface area contributed by atoms with Gasteiger partial charge < -0.3 is 20.7 Å². The molecule has 1 fully saturated rings. The average molecular weight is 611 g/mol. The molecule has 1 unspecified atom stereocenters. The predicted octanol–water partition coefficient (Wildman–Crippen LogP) is 3.27. The summed E-state index contributed by atoms with van der Waals surface area (Å²) in [4.78, 5) is 41.6. The van der Waals surface area contributed by atoms with Gasteiger partial charge >= 0.3 is 0 Å². The second kappa shape index (κ2) is 11.7. The Morgan fingerprint density at radius 3 is 2.47 bits per heavy atom. The van der Waals surface area contributed by atoms with Crippen molar-refractivity contribution in [2.75, 3.05) is 30.5 Å². The molecule has 0 saturated carbocycles. The lowest BCUT2D eigenvalue weighted by Crippen LogP contribution is -2.40. The Balaban J connectivity index is 1.13. The number of likely N-dealkylation sites (tertiary alicyclic amines) is 1. The van der Waals surface area contributed by atoms with E-state index in [4.69, 9.17) is 10.5 Å². The first kappa shape index (κ1) is 29.1. The highest BCUT2D eigenvalue weighted by molar-refractivity contribution is 6.05. The summed E-state index contributed by atoms with van der Waals surface area (Å²) in [6, 6.07) is 19.1. The van der Waals surface area contributed by atoms with E-state index in [0.29, 0.717) is 30.2 Å². The van der Waals surface area contributed by atoms with Crippen LogP contribution in [-0.4, -0.2) is 50.5 Å². The van der Waals surface area contributed by atoms with Crippen molar-refractivity contribution in [3.63, 3.8) is 0 Å². The van der Waals surface area contributed by atoms with Crippen molar-refractivity contribution in [2.45, 2.75) is 51.9 Å². The van der Waals surface area contributed by atoms with Crippen LogP contribution in [0.5, 0.6) is 0 Å². The number of piperidine rings is 1. The molecule has 2 aromatic carbocycles. The standard InChI is InChI=1S/C33H38N8O4/c1-20(2)32(43)38-14-12-22(13-15-38)26-18-25(29-30(34)36-37-40(26)29)21-8-10-23(11-9-21)35-31(42)28-27-19-45-17-16-39(27)41(33(28)44)24-6-4-3-5-7-24/h3-11,18,20,22,30,36-37H,12-17,19,34H2,1-2H3,(H,35,42). The number of benzene rings is 2. The molecule has 0 radical (unpaired) electrons. The van der Waals surface area contributed by atoms with E-state index in [0.717, 1.165) is 48.4 Å². The molecule has 5 heterocycles. The Labute approximate surface area is 260 Å². The Hall–Kier alpha value is -4.65. The molecule has 3 aliphatic heterocycles. The molecule has 3 aliphatic rings. The normalized spacial score (nSPS) is 18.0. The topological polar surface area (TPSA) is 141 Å². The van der Waals surface area contributed by atoms with E-state index >= 15 is 0 Å². The third-order valence-electron chi connectivity index (χ3n) is 9.03. The van der Waals surface area contributed by atoms with Crippen LogP contribution in [0.25, 0.3) is 16.8 Å². The first-order valence-corrected chi connectivity index (χ1v) is 15.5. The van der Waals surface area contributed by atoms with E-state index in [1.165, 1.54) is 0 Å².